The highest BCUT2D eigenvalue weighted by atomic mass is 16.6. The number of ether oxygens (including phenoxy) is 1. The molecule has 0 saturated heterocycles. The van der Waals surface area contributed by atoms with E-state index in [4.69, 9.17) is 4.74 Å². The van der Waals surface area contributed by atoms with Crippen LogP contribution in [0.2, 0.25) is 0 Å². The Morgan fingerprint density at radius 2 is 1.79 bits per heavy atom. The van der Waals surface area contributed by atoms with Gasteiger partial charge in [0.2, 0.25) is 12.3 Å². The molecule has 1 aliphatic heterocycles. The van der Waals surface area contributed by atoms with Crippen LogP contribution < -0.4 is 16.0 Å². The lowest BCUT2D eigenvalue weighted by Gasteiger charge is -2.22. The van der Waals surface area contributed by atoms with Gasteiger partial charge in [-0.15, -0.1) is 0 Å². The molecule has 182 valence electrons. The third-order valence-corrected chi connectivity index (χ3v) is 4.50. The first-order chi connectivity index (χ1) is 15.5. The van der Waals surface area contributed by atoms with E-state index in [-0.39, 0.29) is 30.5 Å². The molecule has 1 atom stereocenters. The molecule has 1 aromatic rings. The summed E-state index contributed by atoms with van der Waals surface area (Å²) in [5.74, 6) is -1.36. The number of hydrogen-bond acceptors (Lipinski definition) is 7. The van der Waals surface area contributed by atoms with E-state index >= 15 is 0 Å². The molecule has 1 aromatic carbocycles. The summed E-state index contributed by atoms with van der Waals surface area (Å²) in [7, 11) is 0. The second kappa shape index (κ2) is 12.6. The number of imide groups is 2. The van der Waals surface area contributed by atoms with Crippen molar-refractivity contribution in [1.29, 1.82) is 0 Å². The molecule has 5 amide bonds. The lowest BCUT2D eigenvalue weighted by molar-refractivity contribution is -0.125. The molecule has 3 N–H and O–H groups in total. The molecule has 1 unspecified atom stereocenters. The Bertz CT molecular complexity index is 878. The second-order valence-corrected chi connectivity index (χ2v) is 8.14. The molecule has 10 heteroatoms. The van der Waals surface area contributed by atoms with Gasteiger partial charge in [-0.25, -0.2) is 4.79 Å². The third kappa shape index (κ3) is 7.89. The lowest BCUT2D eigenvalue weighted by atomic mass is 10.1. The van der Waals surface area contributed by atoms with E-state index in [2.05, 4.69) is 10.6 Å². The molecule has 2 rings (SSSR count). The summed E-state index contributed by atoms with van der Waals surface area (Å²) in [5, 5.41) is 7.71. The summed E-state index contributed by atoms with van der Waals surface area (Å²) in [6, 6.07) is 4.40. The van der Waals surface area contributed by atoms with Crippen LogP contribution >= 0.6 is 0 Å². The zero-order valence-corrected chi connectivity index (χ0v) is 20.1. The van der Waals surface area contributed by atoms with Gasteiger partial charge in [0, 0.05) is 31.2 Å². The predicted molar refractivity (Wildman–Crippen MR) is 124 cm³/mol. The Hall–Kier alpha value is -3.43. The molecule has 0 aromatic heterocycles. The zero-order chi connectivity index (χ0) is 25.2. The fraction of sp³-hybridized carbons (Fsp3) is 0.522. The van der Waals surface area contributed by atoms with Gasteiger partial charge in [-0.3, -0.25) is 29.4 Å². The SMILES string of the molecule is CC.CC(CCC(=O)NC=O)N1C(=O)c2cccc(NCCNC(=O)OC(C)(C)C)c2C1=O. The van der Waals surface area contributed by atoms with Gasteiger partial charge in [-0.05, 0) is 46.2 Å². The van der Waals surface area contributed by atoms with E-state index in [1.165, 1.54) is 0 Å². The Kier molecular flexibility index (Phi) is 10.5. The van der Waals surface area contributed by atoms with Crippen LogP contribution in [0.1, 0.15) is 75.1 Å². The van der Waals surface area contributed by atoms with Crippen LogP contribution in [0, 0.1) is 0 Å². The van der Waals surface area contributed by atoms with Crippen molar-refractivity contribution in [2.45, 2.75) is 66.0 Å². The quantitative estimate of drug-likeness (QED) is 0.292. The van der Waals surface area contributed by atoms with Crippen LogP contribution in [0.25, 0.3) is 0 Å². The zero-order valence-electron chi connectivity index (χ0n) is 20.1. The largest absolute Gasteiger partial charge is 0.444 e. The first-order valence-electron chi connectivity index (χ1n) is 11.0. The number of fused-ring (bicyclic) bond motifs is 1. The number of nitrogens with zero attached hydrogens (tertiary/aromatic N) is 1. The van der Waals surface area contributed by atoms with E-state index < -0.39 is 35.5 Å². The van der Waals surface area contributed by atoms with Gasteiger partial charge in [0.15, 0.2) is 0 Å². The molecule has 1 heterocycles. The molecule has 0 saturated carbocycles. The van der Waals surface area contributed by atoms with Crippen molar-refractivity contribution in [3.05, 3.63) is 29.3 Å². The van der Waals surface area contributed by atoms with Gasteiger partial charge in [0.25, 0.3) is 11.8 Å². The van der Waals surface area contributed by atoms with Gasteiger partial charge >= 0.3 is 6.09 Å². The average Bonchev–Trinajstić information content (AvgIpc) is 3.01. The maximum absolute atomic E-state index is 13.0. The van der Waals surface area contributed by atoms with E-state index in [9.17, 15) is 24.0 Å². The van der Waals surface area contributed by atoms with Gasteiger partial charge in [0.1, 0.15) is 5.60 Å². The molecule has 0 aliphatic carbocycles. The highest BCUT2D eigenvalue weighted by molar-refractivity contribution is 6.24. The molecule has 0 radical (unpaired) electrons. The highest BCUT2D eigenvalue weighted by Gasteiger charge is 2.40. The van der Waals surface area contributed by atoms with E-state index in [0.717, 1.165) is 4.90 Å². The summed E-state index contributed by atoms with van der Waals surface area (Å²) in [6.07, 6.45) is -0.00920. The normalized spacial score (nSPS) is 13.3. The van der Waals surface area contributed by atoms with Gasteiger partial charge < -0.3 is 15.4 Å². The average molecular weight is 463 g/mol. The molecule has 1 aliphatic rings. The first kappa shape index (κ1) is 27.6. The molecular weight excluding hydrogens is 428 g/mol. The number of benzene rings is 1. The summed E-state index contributed by atoms with van der Waals surface area (Å²) >= 11 is 0. The minimum Gasteiger partial charge on any atom is -0.444 e. The number of amides is 5. The maximum Gasteiger partial charge on any atom is 0.407 e. The topological polar surface area (TPSA) is 134 Å². The Labute approximate surface area is 194 Å². The number of carbonyl (C=O) groups excluding carboxylic acids is 5. The minimum absolute atomic E-state index is 0.00868. The Balaban J connectivity index is 0.00000265. The summed E-state index contributed by atoms with van der Waals surface area (Å²) in [4.78, 5) is 60.4. The van der Waals surface area contributed by atoms with Crippen LogP contribution in [0.3, 0.4) is 0 Å². The third-order valence-electron chi connectivity index (χ3n) is 4.50. The van der Waals surface area contributed by atoms with Crippen molar-refractivity contribution in [2.24, 2.45) is 0 Å². The van der Waals surface area contributed by atoms with Gasteiger partial charge in [-0.1, -0.05) is 19.9 Å². The van der Waals surface area contributed by atoms with Gasteiger partial charge in [-0.2, -0.15) is 0 Å². The number of alkyl carbamates (subject to hydrolysis) is 1. The van der Waals surface area contributed by atoms with Crippen molar-refractivity contribution >= 4 is 35.9 Å². The highest BCUT2D eigenvalue weighted by Crippen LogP contribution is 2.31. The molecule has 0 bridgehead atoms. The number of rotatable bonds is 9. The van der Waals surface area contributed by atoms with Crippen molar-refractivity contribution in [3.8, 4) is 0 Å². The summed E-state index contributed by atoms with van der Waals surface area (Å²) in [5.41, 5.74) is 0.419. The first-order valence-corrected chi connectivity index (χ1v) is 11.0. The summed E-state index contributed by atoms with van der Waals surface area (Å²) in [6.45, 7) is 11.5. The van der Waals surface area contributed by atoms with E-state index in [1.807, 2.05) is 19.2 Å². The Morgan fingerprint density at radius 1 is 1.12 bits per heavy atom. The van der Waals surface area contributed by atoms with Crippen LogP contribution in [0.15, 0.2) is 18.2 Å². The Morgan fingerprint density at radius 3 is 2.39 bits per heavy atom. The molecule has 0 fully saturated rings. The molecule has 33 heavy (non-hydrogen) atoms. The molecule has 0 spiro atoms. The summed E-state index contributed by atoms with van der Waals surface area (Å²) < 4.78 is 5.16. The van der Waals surface area contributed by atoms with Crippen LogP contribution in [0.5, 0.6) is 0 Å². The number of hydrogen-bond donors (Lipinski definition) is 3. The van der Waals surface area contributed by atoms with E-state index in [1.54, 1.807) is 45.9 Å². The standard InChI is InChI=1S/C21H28N4O6.C2H6/c1-13(8-9-16(27)24-12-26)25-18(28)14-6-5-7-15(17(14)19(25)29)22-10-11-23-20(30)31-21(2,3)4;1-2/h5-7,12-13,22H,8-11H2,1-4H3,(H,23,30)(H,24,26,27);1-2H3. The smallest absolute Gasteiger partial charge is 0.407 e. The number of nitrogens with one attached hydrogen (secondary N) is 3. The predicted octanol–water partition coefficient (Wildman–Crippen LogP) is 2.69. The van der Waals surface area contributed by atoms with E-state index in [0.29, 0.717) is 18.6 Å². The maximum atomic E-state index is 13.0. The van der Waals surface area contributed by atoms with Crippen molar-refractivity contribution in [2.75, 3.05) is 18.4 Å². The van der Waals surface area contributed by atoms with Crippen molar-refractivity contribution < 1.29 is 28.7 Å². The fourth-order valence-corrected chi connectivity index (χ4v) is 3.13. The van der Waals surface area contributed by atoms with Crippen molar-refractivity contribution in [1.82, 2.24) is 15.5 Å². The minimum atomic E-state index is -0.599. The molecule has 10 nitrogen and oxygen atoms in total. The number of anilines is 1. The number of carbonyl (C=O) groups is 5. The van der Waals surface area contributed by atoms with Crippen molar-refractivity contribution in [3.63, 3.8) is 0 Å². The monoisotopic (exact) mass is 462 g/mol. The molecular formula is C23H34N4O6. The van der Waals surface area contributed by atoms with Crippen LogP contribution in [-0.2, 0) is 14.3 Å². The van der Waals surface area contributed by atoms with Gasteiger partial charge in [0.05, 0.1) is 11.1 Å². The lowest BCUT2D eigenvalue weighted by Crippen LogP contribution is -2.39. The van der Waals surface area contributed by atoms with Crippen LogP contribution in [-0.4, -0.2) is 59.9 Å². The second-order valence-electron chi connectivity index (χ2n) is 8.14. The van der Waals surface area contributed by atoms with Crippen LogP contribution in [0.4, 0.5) is 10.5 Å². The fourth-order valence-electron chi connectivity index (χ4n) is 3.13.